The third-order valence-corrected chi connectivity index (χ3v) is 6.06. The van der Waals surface area contributed by atoms with Crippen LogP contribution in [0.2, 0.25) is 0 Å². The van der Waals surface area contributed by atoms with E-state index < -0.39 is 0 Å². The van der Waals surface area contributed by atoms with Gasteiger partial charge in [-0.05, 0) is 43.2 Å². The van der Waals surface area contributed by atoms with Crippen LogP contribution in [-0.4, -0.2) is 11.8 Å². The standard InChI is InChI=1S/C17H28N2S/c1-3-14-8-10-15(11-9-14)16(19-18)12-20-17-7-5-4-6-13(17)2/h4-7,14-16,19H,3,8-12,18H2,1-2H3. The van der Waals surface area contributed by atoms with E-state index in [1.807, 2.05) is 11.8 Å². The van der Waals surface area contributed by atoms with Gasteiger partial charge in [0.2, 0.25) is 0 Å². The van der Waals surface area contributed by atoms with Crippen molar-refractivity contribution in [1.82, 2.24) is 5.43 Å². The maximum atomic E-state index is 5.81. The molecule has 20 heavy (non-hydrogen) atoms. The minimum atomic E-state index is 0.442. The molecule has 3 N–H and O–H groups in total. The average Bonchev–Trinajstić information content (AvgIpc) is 2.50. The summed E-state index contributed by atoms with van der Waals surface area (Å²) in [5.74, 6) is 8.58. The van der Waals surface area contributed by atoms with Gasteiger partial charge in [0, 0.05) is 16.7 Å². The number of aryl methyl sites for hydroxylation is 1. The lowest BCUT2D eigenvalue weighted by Crippen LogP contribution is -2.44. The van der Waals surface area contributed by atoms with Crippen molar-refractivity contribution >= 4 is 11.8 Å². The largest absolute Gasteiger partial charge is 0.271 e. The van der Waals surface area contributed by atoms with Crippen LogP contribution in [0.3, 0.4) is 0 Å². The predicted octanol–water partition coefficient (Wildman–Crippen LogP) is 4.14. The minimum absolute atomic E-state index is 0.442. The van der Waals surface area contributed by atoms with Crippen molar-refractivity contribution in [3.63, 3.8) is 0 Å². The third kappa shape index (κ3) is 4.24. The van der Waals surface area contributed by atoms with Crippen LogP contribution in [0, 0.1) is 18.8 Å². The van der Waals surface area contributed by atoms with E-state index in [1.165, 1.54) is 42.6 Å². The van der Waals surface area contributed by atoms with Crippen molar-refractivity contribution in [3.05, 3.63) is 29.8 Å². The molecule has 0 aliphatic heterocycles. The molecule has 2 nitrogen and oxygen atoms in total. The maximum Gasteiger partial charge on any atom is 0.0332 e. The Balaban J connectivity index is 1.85. The van der Waals surface area contributed by atoms with Gasteiger partial charge in [-0.2, -0.15) is 0 Å². The summed E-state index contributed by atoms with van der Waals surface area (Å²) in [6.45, 7) is 4.50. The first-order valence-electron chi connectivity index (χ1n) is 7.89. The number of hydrogen-bond donors (Lipinski definition) is 2. The Morgan fingerprint density at radius 1 is 1.25 bits per heavy atom. The van der Waals surface area contributed by atoms with Crippen LogP contribution in [0.15, 0.2) is 29.2 Å². The Labute approximate surface area is 127 Å². The number of nitrogens with two attached hydrogens (primary N) is 1. The Morgan fingerprint density at radius 2 is 1.95 bits per heavy atom. The van der Waals surface area contributed by atoms with Crippen molar-refractivity contribution in [2.45, 2.75) is 56.9 Å². The summed E-state index contributed by atoms with van der Waals surface area (Å²) < 4.78 is 0. The van der Waals surface area contributed by atoms with Gasteiger partial charge in [-0.15, -0.1) is 11.8 Å². The Bertz CT molecular complexity index is 400. The fourth-order valence-corrected chi connectivity index (χ4v) is 4.42. The van der Waals surface area contributed by atoms with Crippen LogP contribution < -0.4 is 11.3 Å². The predicted molar refractivity (Wildman–Crippen MR) is 88.8 cm³/mol. The van der Waals surface area contributed by atoms with Gasteiger partial charge in [0.25, 0.3) is 0 Å². The molecule has 112 valence electrons. The van der Waals surface area contributed by atoms with Crippen molar-refractivity contribution in [1.29, 1.82) is 0 Å². The number of hydrazine groups is 1. The topological polar surface area (TPSA) is 38.0 Å². The van der Waals surface area contributed by atoms with Gasteiger partial charge in [-0.3, -0.25) is 11.3 Å². The molecule has 1 aliphatic rings. The van der Waals surface area contributed by atoms with Crippen LogP contribution in [0.1, 0.15) is 44.6 Å². The van der Waals surface area contributed by atoms with Gasteiger partial charge in [-0.1, -0.05) is 44.4 Å². The van der Waals surface area contributed by atoms with Gasteiger partial charge >= 0.3 is 0 Å². The monoisotopic (exact) mass is 292 g/mol. The third-order valence-electron chi connectivity index (χ3n) is 4.76. The molecule has 0 saturated heterocycles. The zero-order valence-electron chi connectivity index (χ0n) is 12.8. The molecule has 0 aromatic heterocycles. The first-order chi connectivity index (χ1) is 9.74. The van der Waals surface area contributed by atoms with Crippen LogP contribution >= 0.6 is 11.8 Å². The molecule has 1 aliphatic carbocycles. The highest BCUT2D eigenvalue weighted by Crippen LogP contribution is 2.34. The van der Waals surface area contributed by atoms with E-state index in [0.717, 1.165) is 17.6 Å². The Morgan fingerprint density at radius 3 is 2.55 bits per heavy atom. The molecule has 1 saturated carbocycles. The quantitative estimate of drug-likeness (QED) is 0.470. The van der Waals surface area contributed by atoms with Gasteiger partial charge in [-0.25, -0.2) is 0 Å². The van der Waals surface area contributed by atoms with E-state index in [9.17, 15) is 0 Å². The Hall–Kier alpha value is -0.510. The SMILES string of the molecule is CCC1CCC(C(CSc2ccccc2C)NN)CC1. The smallest absolute Gasteiger partial charge is 0.0332 e. The first-order valence-corrected chi connectivity index (χ1v) is 8.87. The fraction of sp³-hybridized carbons (Fsp3) is 0.647. The summed E-state index contributed by atoms with van der Waals surface area (Å²) >= 11 is 1.94. The number of thioether (sulfide) groups is 1. The molecular formula is C17H28N2S. The maximum absolute atomic E-state index is 5.81. The summed E-state index contributed by atoms with van der Waals surface area (Å²) in [5.41, 5.74) is 4.44. The number of nitrogens with one attached hydrogen (secondary N) is 1. The first kappa shape index (κ1) is 15.9. The molecular weight excluding hydrogens is 264 g/mol. The summed E-state index contributed by atoms with van der Waals surface area (Å²) in [6.07, 6.45) is 6.78. The summed E-state index contributed by atoms with van der Waals surface area (Å²) in [4.78, 5) is 1.38. The van der Waals surface area contributed by atoms with Gasteiger partial charge in [0.1, 0.15) is 0 Å². The number of rotatable bonds is 6. The number of benzene rings is 1. The lowest BCUT2D eigenvalue weighted by atomic mass is 9.78. The molecule has 2 rings (SSSR count). The normalized spacial score (nSPS) is 24.6. The van der Waals surface area contributed by atoms with E-state index in [2.05, 4.69) is 43.5 Å². The molecule has 1 unspecified atom stereocenters. The molecule has 0 amide bonds. The molecule has 0 radical (unpaired) electrons. The zero-order chi connectivity index (χ0) is 14.4. The molecule has 3 heteroatoms. The van der Waals surface area contributed by atoms with Crippen LogP contribution in [-0.2, 0) is 0 Å². The second-order valence-electron chi connectivity index (χ2n) is 6.04. The second kappa shape index (κ2) is 8.06. The van der Waals surface area contributed by atoms with Crippen LogP contribution in [0.25, 0.3) is 0 Å². The van der Waals surface area contributed by atoms with E-state index in [1.54, 1.807) is 0 Å². The highest BCUT2D eigenvalue weighted by atomic mass is 32.2. The van der Waals surface area contributed by atoms with Crippen LogP contribution in [0.4, 0.5) is 0 Å². The summed E-state index contributed by atoms with van der Waals surface area (Å²) in [5, 5.41) is 0. The van der Waals surface area contributed by atoms with Crippen molar-refractivity contribution in [2.24, 2.45) is 17.7 Å². The van der Waals surface area contributed by atoms with E-state index >= 15 is 0 Å². The highest BCUT2D eigenvalue weighted by Gasteiger charge is 2.26. The molecule has 1 fully saturated rings. The lowest BCUT2D eigenvalue weighted by Gasteiger charge is -2.33. The van der Waals surface area contributed by atoms with E-state index in [0.29, 0.717) is 6.04 Å². The molecule has 1 atom stereocenters. The van der Waals surface area contributed by atoms with Gasteiger partial charge in [0.05, 0.1) is 0 Å². The second-order valence-corrected chi connectivity index (χ2v) is 7.10. The Kier molecular flexibility index (Phi) is 6.40. The van der Waals surface area contributed by atoms with E-state index in [-0.39, 0.29) is 0 Å². The van der Waals surface area contributed by atoms with Gasteiger partial charge in [0.15, 0.2) is 0 Å². The van der Waals surface area contributed by atoms with Crippen molar-refractivity contribution in [3.8, 4) is 0 Å². The molecule has 0 spiro atoms. The molecule has 1 aromatic rings. The molecule has 0 heterocycles. The average molecular weight is 292 g/mol. The number of hydrogen-bond acceptors (Lipinski definition) is 3. The van der Waals surface area contributed by atoms with E-state index in [4.69, 9.17) is 5.84 Å². The summed E-state index contributed by atoms with van der Waals surface area (Å²) in [7, 11) is 0. The van der Waals surface area contributed by atoms with Crippen molar-refractivity contribution < 1.29 is 0 Å². The van der Waals surface area contributed by atoms with Crippen LogP contribution in [0.5, 0.6) is 0 Å². The molecule has 0 bridgehead atoms. The zero-order valence-corrected chi connectivity index (χ0v) is 13.6. The lowest BCUT2D eigenvalue weighted by molar-refractivity contribution is 0.228. The summed E-state index contributed by atoms with van der Waals surface area (Å²) in [6, 6.07) is 9.05. The van der Waals surface area contributed by atoms with Gasteiger partial charge < -0.3 is 0 Å². The molecule has 1 aromatic carbocycles. The minimum Gasteiger partial charge on any atom is -0.271 e. The highest BCUT2D eigenvalue weighted by molar-refractivity contribution is 7.99. The fourth-order valence-electron chi connectivity index (χ4n) is 3.22. The van der Waals surface area contributed by atoms with Crippen molar-refractivity contribution in [2.75, 3.05) is 5.75 Å².